The van der Waals surface area contributed by atoms with Gasteiger partial charge in [0.05, 0.1) is 11.7 Å². The van der Waals surface area contributed by atoms with E-state index in [1.807, 2.05) is 0 Å². The fraction of sp³-hybridized carbons (Fsp3) is 0.969. The molecule has 5 fully saturated rings. The van der Waals surface area contributed by atoms with Gasteiger partial charge in [0.2, 0.25) is 0 Å². The molecule has 0 unspecified atom stereocenters. The summed E-state index contributed by atoms with van der Waals surface area (Å²) >= 11 is 0. The van der Waals surface area contributed by atoms with Gasteiger partial charge in [-0.3, -0.25) is 4.79 Å². The lowest BCUT2D eigenvalue weighted by Crippen LogP contribution is -2.62. The van der Waals surface area contributed by atoms with Gasteiger partial charge in [0.15, 0.2) is 0 Å². The first-order valence-electron chi connectivity index (χ1n) is 15.1. The van der Waals surface area contributed by atoms with Gasteiger partial charge in [0, 0.05) is 12.3 Å². The Balaban J connectivity index is 1.48. The van der Waals surface area contributed by atoms with Crippen molar-refractivity contribution in [2.75, 3.05) is 0 Å². The van der Waals surface area contributed by atoms with Gasteiger partial charge < -0.3 is 14.9 Å². The fourth-order valence-electron chi connectivity index (χ4n) is 12.1. The molecule has 5 aliphatic rings. The number of carbonyl (C=O) groups excluding carboxylic acids is 1. The van der Waals surface area contributed by atoms with Crippen molar-refractivity contribution in [1.29, 1.82) is 0 Å². The first-order valence-corrected chi connectivity index (χ1v) is 15.1. The largest absolute Gasteiger partial charge is 0.462 e. The van der Waals surface area contributed by atoms with Crippen LogP contribution in [0.15, 0.2) is 0 Å². The average Bonchev–Trinajstić information content (AvgIpc) is 2.87. The quantitative estimate of drug-likeness (QED) is 0.383. The number of fused-ring (bicyclic) bond motifs is 6. The van der Waals surface area contributed by atoms with E-state index in [1.54, 1.807) is 6.92 Å². The van der Waals surface area contributed by atoms with Crippen molar-refractivity contribution in [2.45, 2.75) is 144 Å². The highest BCUT2D eigenvalue weighted by Gasteiger charge is 2.67. The molecule has 0 bridgehead atoms. The molecule has 0 aromatic carbocycles. The molecule has 0 heterocycles. The summed E-state index contributed by atoms with van der Waals surface area (Å²) in [4.78, 5) is 11.9. The standard InChI is InChI=1S/C32H54O4/c1-20(33)36-26-14-17-30(7)22(28(26,4)5)11-15-29(6)19-32(35)18-12-21-27(2,3)25(34)13-16-31(21,8)24(32)10-9-23(29)30/h21-26,34-35H,9-19H2,1-8H3/t21-,22+,23-,24-,25+,26+,29+,30+,31+,32+/m1/s1. The molecule has 4 heteroatoms. The van der Waals surface area contributed by atoms with E-state index >= 15 is 0 Å². The number of aliphatic hydroxyl groups is 2. The molecule has 0 amide bonds. The lowest BCUT2D eigenvalue weighted by Gasteiger charge is -2.65. The van der Waals surface area contributed by atoms with E-state index in [-0.39, 0.29) is 45.3 Å². The van der Waals surface area contributed by atoms with Gasteiger partial charge in [-0.1, -0.05) is 48.5 Å². The van der Waals surface area contributed by atoms with Crippen molar-refractivity contribution in [3.63, 3.8) is 0 Å². The van der Waals surface area contributed by atoms with Crippen LogP contribution in [0, 0.1) is 50.7 Å². The number of hydrogen-bond donors (Lipinski definition) is 2. The summed E-state index contributed by atoms with van der Waals surface area (Å²) in [5.41, 5.74) is -0.275. The van der Waals surface area contributed by atoms with Crippen LogP contribution in [0.3, 0.4) is 0 Å². The van der Waals surface area contributed by atoms with Crippen LogP contribution in [0.2, 0.25) is 0 Å². The van der Waals surface area contributed by atoms with Crippen molar-refractivity contribution in [1.82, 2.24) is 0 Å². The van der Waals surface area contributed by atoms with Crippen LogP contribution >= 0.6 is 0 Å². The first kappa shape index (κ1) is 27.0. The molecule has 0 aromatic heterocycles. The molecular formula is C32H54O4. The molecule has 206 valence electrons. The van der Waals surface area contributed by atoms with E-state index in [0.717, 1.165) is 64.2 Å². The first-order chi connectivity index (χ1) is 16.5. The minimum Gasteiger partial charge on any atom is -0.462 e. The SMILES string of the molecule is CC(=O)O[C@H]1CC[C@]2(C)[C@@H]3CC[C@H]4[C@](O)(CC[C@@H]5C(C)(C)[C@@H](O)CC[C@@]54C)C[C@]3(C)CC[C@H]2C1(C)C. The highest BCUT2D eigenvalue weighted by Crippen LogP contribution is 2.72. The molecule has 0 saturated heterocycles. The van der Waals surface area contributed by atoms with Gasteiger partial charge in [-0.15, -0.1) is 0 Å². The number of rotatable bonds is 1. The van der Waals surface area contributed by atoms with E-state index < -0.39 is 5.60 Å². The Hall–Kier alpha value is -0.610. The second-order valence-corrected chi connectivity index (χ2v) is 16.1. The predicted molar refractivity (Wildman–Crippen MR) is 143 cm³/mol. The molecule has 4 nitrogen and oxygen atoms in total. The number of ether oxygens (including phenoxy) is 1. The molecule has 2 N–H and O–H groups in total. The van der Waals surface area contributed by atoms with Crippen LogP contribution in [0.5, 0.6) is 0 Å². The maximum Gasteiger partial charge on any atom is 0.302 e. The Morgan fingerprint density at radius 2 is 1.25 bits per heavy atom. The Morgan fingerprint density at radius 3 is 1.92 bits per heavy atom. The van der Waals surface area contributed by atoms with Crippen LogP contribution < -0.4 is 0 Å². The minimum absolute atomic E-state index is 0.00513. The minimum atomic E-state index is -0.596. The number of hydrogen-bond acceptors (Lipinski definition) is 4. The second kappa shape index (κ2) is 8.20. The zero-order valence-electron chi connectivity index (χ0n) is 24.5. The van der Waals surface area contributed by atoms with Crippen LogP contribution in [0.25, 0.3) is 0 Å². The Morgan fingerprint density at radius 1 is 0.694 bits per heavy atom. The molecule has 0 radical (unpaired) electrons. The number of aliphatic hydroxyl groups excluding tert-OH is 1. The van der Waals surface area contributed by atoms with Crippen molar-refractivity contribution >= 4 is 5.97 Å². The fourth-order valence-corrected chi connectivity index (χ4v) is 12.1. The van der Waals surface area contributed by atoms with Crippen LogP contribution in [0.4, 0.5) is 0 Å². The van der Waals surface area contributed by atoms with E-state index in [0.29, 0.717) is 23.7 Å². The summed E-state index contributed by atoms with van der Waals surface area (Å²) in [6.45, 7) is 18.3. The summed E-state index contributed by atoms with van der Waals surface area (Å²) in [5.74, 6) is 1.74. The molecule has 5 rings (SSSR count). The molecule has 36 heavy (non-hydrogen) atoms. The maximum atomic E-state index is 12.5. The van der Waals surface area contributed by atoms with Gasteiger partial charge in [-0.25, -0.2) is 0 Å². The smallest absolute Gasteiger partial charge is 0.302 e. The molecule has 0 aliphatic heterocycles. The van der Waals surface area contributed by atoms with E-state index in [2.05, 4.69) is 48.5 Å². The van der Waals surface area contributed by atoms with Gasteiger partial charge in [0.1, 0.15) is 6.10 Å². The van der Waals surface area contributed by atoms with Crippen molar-refractivity contribution in [3.05, 3.63) is 0 Å². The molecule has 0 spiro atoms. The third-order valence-electron chi connectivity index (χ3n) is 13.7. The van der Waals surface area contributed by atoms with Crippen LogP contribution in [0.1, 0.15) is 126 Å². The highest BCUT2D eigenvalue weighted by atomic mass is 16.5. The number of carbonyl (C=O) groups is 1. The Labute approximate surface area is 220 Å². The lowest BCUT2D eigenvalue weighted by molar-refractivity contribution is -0.214. The molecule has 5 saturated carbocycles. The third-order valence-corrected chi connectivity index (χ3v) is 13.7. The molecule has 5 aliphatic carbocycles. The zero-order valence-corrected chi connectivity index (χ0v) is 24.5. The Bertz CT molecular complexity index is 895. The van der Waals surface area contributed by atoms with Crippen molar-refractivity contribution in [2.24, 2.45) is 50.7 Å². The second-order valence-electron chi connectivity index (χ2n) is 16.1. The van der Waals surface area contributed by atoms with E-state index in [4.69, 9.17) is 4.74 Å². The zero-order chi connectivity index (χ0) is 26.5. The van der Waals surface area contributed by atoms with E-state index in [1.165, 1.54) is 6.42 Å². The molecule has 10 atom stereocenters. The summed E-state index contributed by atoms with van der Waals surface area (Å²) < 4.78 is 5.88. The topological polar surface area (TPSA) is 66.8 Å². The van der Waals surface area contributed by atoms with Crippen LogP contribution in [-0.4, -0.2) is 34.0 Å². The van der Waals surface area contributed by atoms with Gasteiger partial charge in [-0.2, -0.15) is 0 Å². The normalized spacial score (nSPS) is 53.6. The van der Waals surface area contributed by atoms with Crippen LogP contribution in [-0.2, 0) is 9.53 Å². The van der Waals surface area contributed by atoms with Gasteiger partial charge >= 0.3 is 5.97 Å². The van der Waals surface area contributed by atoms with E-state index in [9.17, 15) is 15.0 Å². The summed E-state index contributed by atoms with van der Waals surface area (Å²) in [6, 6.07) is 0. The molecule has 0 aromatic rings. The van der Waals surface area contributed by atoms with Gasteiger partial charge in [-0.05, 0) is 116 Å². The van der Waals surface area contributed by atoms with Crippen molar-refractivity contribution < 1.29 is 19.7 Å². The summed E-state index contributed by atoms with van der Waals surface area (Å²) in [7, 11) is 0. The maximum absolute atomic E-state index is 12.5. The Kier molecular flexibility index (Phi) is 6.14. The average molecular weight is 503 g/mol. The lowest BCUT2D eigenvalue weighted by atomic mass is 9.41. The highest BCUT2D eigenvalue weighted by molar-refractivity contribution is 5.66. The van der Waals surface area contributed by atoms with Gasteiger partial charge in [0.25, 0.3) is 0 Å². The number of esters is 1. The predicted octanol–water partition coefficient (Wildman–Crippen LogP) is 6.91. The van der Waals surface area contributed by atoms with Crippen molar-refractivity contribution in [3.8, 4) is 0 Å². The summed E-state index contributed by atoms with van der Waals surface area (Å²) in [5, 5.41) is 23.4. The third kappa shape index (κ3) is 3.62. The summed E-state index contributed by atoms with van der Waals surface area (Å²) in [6.07, 6.45) is 11.2. The molecular weight excluding hydrogens is 448 g/mol. The monoisotopic (exact) mass is 502 g/mol.